The number of morpholine rings is 1. The van der Waals surface area contributed by atoms with Crippen molar-refractivity contribution in [1.82, 2.24) is 20.0 Å². The molecule has 156 valence electrons. The third-order valence-corrected chi connectivity index (χ3v) is 5.98. The van der Waals surface area contributed by atoms with E-state index in [9.17, 15) is 0 Å². The average Bonchev–Trinajstić information content (AvgIpc) is 3.17. The molecule has 3 rings (SSSR count). The monoisotopic (exact) mass is 387 g/mol. The summed E-state index contributed by atoms with van der Waals surface area (Å²) in [6.45, 7) is 13.5. The predicted octanol–water partition coefficient (Wildman–Crippen LogP) is 1.88. The first kappa shape index (κ1) is 21.1. The molecule has 2 aliphatic heterocycles. The number of guanidine groups is 1. The van der Waals surface area contributed by atoms with Crippen LogP contribution >= 0.6 is 0 Å². The molecule has 0 bridgehead atoms. The number of aliphatic imine (C=N–C) groups is 1. The standard InChI is InChI=1S/C22H37N5O/c1-4-25(5-2)13-9-12-24-22(23-3)27-17-20-21(18-27)28-15-14-26(20)16-19-10-7-6-8-11-19/h6-8,10-11,20-21H,4-5,9,12-18H2,1-3H3,(H,23,24). The first-order valence-corrected chi connectivity index (χ1v) is 10.8. The van der Waals surface area contributed by atoms with E-state index in [2.05, 4.69) is 69.2 Å². The maximum atomic E-state index is 6.11. The fraction of sp³-hybridized carbons (Fsp3) is 0.682. The van der Waals surface area contributed by atoms with Crippen LogP contribution in [0.3, 0.4) is 0 Å². The van der Waals surface area contributed by atoms with Gasteiger partial charge in [0, 0.05) is 39.8 Å². The van der Waals surface area contributed by atoms with Gasteiger partial charge in [0.25, 0.3) is 0 Å². The van der Waals surface area contributed by atoms with E-state index in [-0.39, 0.29) is 6.10 Å². The molecule has 1 aromatic carbocycles. The Morgan fingerprint density at radius 1 is 1.21 bits per heavy atom. The van der Waals surface area contributed by atoms with Crippen molar-refractivity contribution in [3.8, 4) is 0 Å². The summed E-state index contributed by atoms with van der Waals surface area (Å²) >= 11 is 0. The van der Waals surface area contributed by atoms with E-state index in [1.165, 1.54) is 5.56 Å². The Labute approximate surface area is 170 Å². The summed E-state index contributed by atoms with van der Waals surface area (Å²) in [6, 6.07) is 11.2. The molecule has 6 heteroatoms. The smallest absolute Gasteiger partial charge is 0.193 e. The number of rotatable bonds is 8. The molecule has 2 aliphatic rings. The van der Waals surface area contributed by atoms with Crippen molar-refractivity contribution in [2.45, 2.75) is 39.0 Å². The molecule has 2 unspecified atom stereocenters. The molecule has 0 spiro atoms. The summed E-state index contributed by atoms with van der Waals surface area (Å²) in [5.41, 5.74) is 1.38. The Bertz CT molecular complexity index is 604. The fourth-order valence-electron chi connectivity index (χ4n) is 4.32. The largest absolute Gasteiger partial charge is 0.373 e. The van der Waals surface area contributed by atoms with Crippen molar-refractivity contribution in [3.63, 3.8) is 0 Å². The number of hydrogen-bond donors (Lipinski definition) is 1. The van der Waals surface area contributed by atoms with Gasteiger partial charge in [0.05, 0.1) is 18.8 Å². The quantitative estimate of drug-likeness (QED) is 0.419. The molecule has 1 aromatic rings. The minimum Gasteiger partial charge on any atom is -0.373 e. The zero-order chi connectivity index (χ0) is 19.8. The third kappa shape index (κ3) is 5.46. The average molecular weight is 388 g/mol. The lowest BCUT2D eigenvalue weighted by atomic mass is 10.1. The van der Waals surface area contributed by atoms with Crippen LogP contribution in [0.2, 0.25) is 0 Å². The van der Waals surface area contributed by atoms with Gasteiger partial charge in [0.15, 0.2) is 5.96 Å². The lowest BCUT2D eigenvalue weighted by molar-refractivity contribution is -0.0502. The van der Waals surface area contributed by atoms with Crippen LogP contribution in [0, 0.1) is 0 Å². The molecule has 0 aliphatic carbocycles. The first-order valence-electron chi connectivity index (χ1n) is 10.8. The van der Waals surface area contributed by atoms with E-state index in [0.717, 1.165) is 71.3 Å². The van der Waals surface area contributed by atoms with Gasteiger partial charge in [-0.1, -0.05) is 44.2 Å². The molecule has 2 saturated heterocycles. The van der Waals surface area contributed by atoms with Gasteiger partial charge in [0.1, 0.15) is 0 Å². The normalized spacial score (nSPS) is 23.3. The molecule has 1 N–H and O–H groups in total. The van der Waals surface area contributed by atoms with Gasteiger partial charge in [-0.25, -0.2) is 0 Å². The summed E-state index contributed by atoms with van der Waals surface area (Å²) < 4.78 is 6.11. The third-order valence-electron chi connectivity index (χ3n) is 5.98. The highest BCUT2D eigenvalue weighted by atomic mass is 16.5. The van der Waals surface area contributed by atoms with E-state index in [4.69, 9.17) is 4.74 Å². The summed E-state index contributed by atoms with van der Waals surface area (Å²) in [7, 11) is 1.89. The van der Waals surface area contributed by atoms with E-state index in [1.54, 1.807) is 0 Å². The Morgan fingerprint density at radius 2 is 2.00 bits per heavy atom. The summed E-state index contributed by atoms with van der Waals surface area (Å²) in [5, 5.41) is 3.56. The molecule has 0 saturated carbocycles. The summed E-state index contributed by atoms with van der Waals surface area (Å²) in [4.78, 5) is 12.0. The number of fused-ring (bicyclic) bond motifs is 1. The molecule has 2 fully saturated rings. The van der Waals surface area contributed by atoms with Crippen LogP contribution in [-0.4, -0.2) is 92.3 Å². The van der Waals surface area contributed by atoms with Gasteiger partial charge in [-0.15, -0.1) is 0 Å². The van der Waals surface area contributed by atoms with Crippen molar-refractivity contribution in [2.75, 3.05) is 59.5 Å². The van der Waals surface area contributed by atoms with Gasteiger partial charge in [-0.3, -0.25) is 9.89 Å². The van der Waals surface area contributed by atoms with Gasteiger partial charge < -0.3 is 19.9 Å². The van der Waals surface area contributed by atoms with E-state index in [0.29, 0.717) is 6.04 Å². The van der Waals surface area contributed by atoms with Crippen molar-refractivity contribution in [2.24, 2.45) is 4.99 Å². The van der Waals surface area contributed by atoms with Crippen LogP contribution in [0.25, 0.3) is 0 Å². The van der Waals surface area contributed by atoms with Crippen molar-refractivity contribution < 1.29 is 4.74 Å². The van der Waals surface area contributed by atoms with Crippen LogP contribution in [0.15, 0.2) is 35.3 Å². The van der Waals surface area contributed by atoms with E-state index >= 15 is 0 Å². The maximum Gasteiger partial charge on any atom is 0.193 e. The van der Waals surface area contributed by atoms with Gasteiger partial charge >= 0.3 is 0 Å². The van der Waals surface area contributed by atoms with Gasteiger partial charge in [-0.2, -0.15) is 0 Å². The van der Waals surface area contributed by atoms with Gasteiger partial charge in [-0.05, 0) is 31.6 Å². The number of ether oxygens (including phenoxy) is 1. The molecule has 0 amide bonds. The molecule has 28 heavy (non-hydrogen) atoms. The molecule has 2 atom stereocenters. The fourth-order valence-corrected chi connectivity index (χ4v) is 4.32. The highest BCUT2D eigenvalue weighted by Crippen LogP contribution is 2.24. The van der Waals surface area contributed by atoms with Crippen molar-refractivity contribution >= 4 is 5.96 Å². The minimum absolute atomic E-state index is 0.270. The molecule has 6 nitrogen and oxygen atoms in total. The van der Waals surface area contributed by atoms with Crippen LogP contribution in [0.5, 0.6) is 0 Å². The van der Waals surface area contributed by atoms with E-state index in [1.807, 2.05) is 7.05 Å². The second-order valence-corrected chi connectivity index (χ2v) is 7.69. The SMILES string of the molecule is CCN(CC)CCCNC(=NC)N1CC2OCCN(Cc3ccccc3)C2C1. The summed E-state index contributed by atoms with van der Waals surface area (Å²) in [6.07, 6.45) is 1.41. The van der Waals surface area contributed by atoms with Crippen molar-refractivity contribution in [1.29, 1.82) is 0 Å². The second-order valence-electron chi connectivity index (χ2n) is 7.69. The Balaban J connectivity index is 1.51. The number of nitrogens with one attached hydrogen (secondary N) is 1. The number of benzene rings is 1. The maximum absolute atomic E-state index is 6.11. The van der Waals surface area contributed by atoms with Crippen LogP contribution < -0.4 is 5.32 Å². The summed E-state index contributed by atoms with van der Waals surface area (Å²) in [5.74, 6) is 1.01. The highest BCUT2D eigenvalue weighted by Gasteiger charge is 2.41. The molecule has 0 radical (unpaired) electrons. The highest BCUT2D eigenvalue weighted by molar-refractivity contribution is 5.80. The molecule has 0 aromatic heterocycles. The Hall–Kier alpha value is -1.63. The van der Waals surface area contributed by atoms with E-state index < -0.39 is 0 Å². The second kappa shape index (κ2) is 10.8. The van der Waals surface area contributed by atoms with Crippen LogP contribution in [-0.2, 0) is 11.3 Å². The van der Waals surface area contributed by atoms with Crippen molar-refractivity contribution in [3.05, 3.63) is 35.9 Å². The minimum atomic E-state index is 0.270. The topological polar surface area (TPSA) is 43.3 Å². The Morgan fingerprint density at radius 3 is 2.71 bits per heavy atom. The first-order chi connectivity index (χ1) is 13.7. The molecular weight excluding hydrogens is 350 g/mol. The number of hydrogen-bond acceptors (Lipinski definition) is 4. The molecular formula is C22H37N5O. The predicted molar refractivity (Wildman–Crippen MR) is 116 cm³/mol. The van der Waals surface area contributed by atoms with Crippen LogP contribution in [0.1, 0.15) is 25.8 Å². The zero-order valence-electron chi connectivity index (χ0n) is 17.8. The van der Waals surface area contributed by atoms with Gasteiger partial charge in [0.2, 0.25) is 0 Å². The Kier molecular flexibility index (Phi) is 8.13. The number of likely N-dealkylation sites (tertiary alicyclic amines) is 1. The lowest BCUT2D eigenvalue weighted by Crippen LogP contribution is -2.50. The van der Waals surface area contributed by atoms with Crippen LogP contribution in [0.4, 0.5) is 0 Å². The number of nitrogens with zero attached hydrogens (tertiary/aromatic N) is 4. The molecule has 2 heterocycles. The zero-order valence-corrected chi connectivity index (χ0v) is 17.8. The lowest BCUT2D eigenvalue weighted by Gasteiger charge is -2.36.